The van der Waals surface area contributed by atoms with Gasteiger partial charge < -0.3 is 0 Å². The molecule has 3 nitrogen and oxygen atoms in total. The molecule has 1 heterocycles. The van der Waals surface area contributed by atoms with E-state index in [1.807, 2.05) is 27.7 Å². The molecule has 0 aliphatic rings. The van der Waals surface area contributed by atoms with Crippen molar-refractivity contribution in [1.82, 2.24) is 4.98 Å². The number of hydrogen-bond acceptors (Lipinski definition) is 3. The van der Waals surface area contributed by atoms with Crippen LogP contribution in [0.1, 0.15) is 62.0 Å². The fourth-order valence-electron chi connectivity index (χ4n) is 3.07. The van der Waals surface area contributed by atoms with Gasteiger partial charge in [-0.3, -0.25) is 14.6 Å². The van der Waals surface area contributed by atoms with Gasteiger partial charge in [0, 0.05) is 11.1 Å². The molecule has 2 rings (SSSR count). The van der Waals surface area contributed by atoms with Crippen molar-refractivity contribution < 1.29 is 14.0 Å². The molecule has 2 aromatic rings. The van der Waals surface area contributed by atoms with E-state index < -0.39 is 0 Å². The molecule has 0 bridgehead atoms. The largest absolute Gasteiger partial charge is 0.299 e. The number of carbonyl (C=O) groups is 2. The van der Waals surface area contributed by atoms with Crippen molar-refractivity contribution in [3.05, 3.63) is 64.7 Å². The first-order chi connectivity index (χ1) is 12.9. The molecule has 1 aromatic heterocycles. The molecule has 4 heteroatoms. The molecule has 0 spiro atoms. The van der Waals surface area contributed by atoms with Crippen LogP contribution >= 0.6 is 0 Å². The predicted octanol–water partition coefficient (Wildman–Crippen LogP) is 5.56. The topological polar surface area (TPSA) is 47.0 Å². The maximum atomic E-state index is 13.5. The van der Waals surface area contributed by atoms with Crippen LogP contribution in [0.4, 0.5) is 4.39 Å². The maximum Gasteiger partial charge on any atom is 0.142 e. The number of hydrogen-bond donors (Lipinski definition) is 0. The summed E-state index contributed by atoms with van der Waals surface area (Å²) < 4.78 is 13.5. The summed E-state index contributed by atoms with van der Waals surface area (Å²) in [7, 11) is 0. The number of carbonyl (C=O) groups excluding carboxylic acids is 2. The number of aromatic nitrogens is 1. The number of allylic oxidation sites excluding steroid dienone is 2. The van der Waals surface area contributed by atoms with Crippen LogP contribution in [0.3, 0.4) is 0 Å². The first-order valence-electron chi connectivity index (χ1n) is 8.98. The van der Waals surface area contributed by atoms with Gasteiger partial charge in [0.05, 0.1) is 11.4 Å². The molecule has 140 valence electrons. The van der Waals surface area contributed by atoms with Crippen molar-refractivity contribution in [2.24, 2.45) is 0 Å². The minimum Gasteiger partial charge on any atom is -0.299 e. The van der Waals surface area contributed by atoms with E-state index >= 15 is 0 Å². The maximum absolute atomic E-state index is 13.5. The number of halogens is 1. The molecule has 27 heavy (non-hydrogen) atoms. The Bertz CT molecular complexity index is 830. The number of rotatable bonds is 7. The van der Waals surface area contributed by atoms with Crippen molar-refractivity contribution in [1.29, 1.82) is 0 Å². The van der Waals surface area contributed by atoms with Crippen molar-refractivity contribution in [3.63, 3.8) is 0 Å². The van der Waals surface area contributed by atoms with E-state index in [0.29, 0.717) is 0 Å². The second kappa shape index (κ2) is 9.17. The van der Waals surface area contributed by atoms with Crippen molar-refractivity contribution in [3.8, 4) is 11.1 Å². The minimum absolute atomic E-state index is 0.122. The molecule has 0 atom stereocenters. The van der Waals surface area contributed by atoms with Gasteiger partial charge in [-0.25, -0.2) is 4.39 Å². The van der Waals surface area contributed by atoms with E-state index in [9.17, 15) is 14.0 Å². The van der Waals surface area contributed by atoms with E-state index in [4.69, 9.17) is 4.98 Å². The molecule has 0 N–H and O–H groups in total. The average Bonchev–Trinajstić information content (AvgIpc) is 2.64. The fraction of sp³-hybridized carbons (Fsp3) is 0.261. The first kappa shape index (κ1) is 20.4. The predicted molar refractivity (Wildman–Crippen MR) is 108 cm³/mol. The standard InChI is InChI=1S/C23H24FNO2/c1-15(2)22-19(7-5-13-26)21(17-9-11-18(24)12-10-17)20(8-6-14-27)23(25-22)16(3)4/h5-16H,1-4H3. The summed E-state index contributed by atoms with van der Waals surface area (Å²) >= 11 is 0. The fourth-order valence-corrected chi connectivity index (χ4v) is 3.07. The van der Waals surface area contributed by atoms with Crippen LogP contribution in [0.15, 0.2) is 36.4 Å². The second-order valence-electron chi connectivity index (χ2n) is 6.89. The van der Waals surface area contributed by atoms with Crippen LogP contribution in [0, 0.1) is 5.82 Å². The monoisotopic (exact) mass is 365 g/mol. The van der Waals surface area contributed by atoms with Gasteiger partial charge in [0.2, 0.25) is 0 Å². The quantitative estimate of drug-likeness (QED) is 0.477. The van der Waals surface area contributed by atoms with Crippen LogP contribution < -0.4 is 0 Å². The lowest BCUT2D eigenvalue weighted by atomic mass is 9.86. The van der Waals surface area contributed by atoms with E-state index in [1.54, 1.807) is 24.3 Å². The summed E-state index contributed by atoms with van der Waals surface area (Å²) in [5, 5.41) is 0. The lowest BCUT2D eigenvalue weighted by molar-refractivity contribution is -0.104. The molecule has 0 aliphatic heterocycles. The van der Waals surface area contributed by atoms with Gasteiger partial charge in [-0.1, -0.05) is 39.8 Å². The normalized spacial score (nSPS) is 11.8. The average molecular weight is 365 g/mol. The smallest absolute Gasteiger partial charge is 0.142 e. The van der Waals surface area contributed by atoms with Gasteiger partial charge in [0.15, 0.2) is 0 Å². The van der Waals surface area contributed by atoms with E-state index in [1.165, 1.54) is 24.3 Å². The second-order valence-corrected chi connectivity index (χ2v) is 6.89. The zero-order valence-electron chi connectivity index (χ0n) is 16.1. The van der Waals surface area contributed by atoms with Gasteiger partial charge in [0.1, 0.15) is 18.4 Å². The van der Waals surface area contributed by atoms with Crippen molar-refractivity contribution >= 4 is 24.7 Å². The van der Waals surface area contributed by atoms with Gasteiger partial charge >= 0.3 is 0 Å². The summed E-state index contributed by atoms with van der Waals surface area (Å²) in [5.41, 5.74) is 4.98. The highest BCUT2D eigenvalue weighted by Crippen LogP contribution is 2.38. The molecular weight excluding hydrogens is 341 g/mol. The third kappa shape index (κ3) is 4.64. The Balaban J connectivity index is 3.00. The lowest BCUT2D eigenvalue weighted by Crippen LogP contribution is -2.08. The summed E-state index contributed by atoms with van der Waals surface area (Å²) in [6.07, 6.45) is 7.76. The summed E-state index contributed by atoms with van der Waals surface area (Å²) in [6.45, 7) is 8.17. The van der Waals surface area contributed by atoms with Crippen molar-refractivity contribution in [2.45, 2.75) is 39.5 Å². The molecule has 0 unspecified atom stereocenters. The highest BCUT2D eigenvalue weighted by atomic mass is 19.1. The highest BCUT2D eigenvalue weighted by Gasteiger charge is 2.21. The molecular formula is C23H24FNO2. The molecule has 0 aliphatic carbocycles. The molecule has 0 amide bonds. The van der Waals surface area contributed by atoms with E-state index in [2.05, 4.69) is 0 Å². The Morgan fingerprint density at radius 2 is 1.26 bits per heavy atom. The Morgan fingerprint density at radius 3 is 1.63 bits per heavy atom. The molecule has 0 fully saturated rings. The van der Waals surface area contributed by atoms with Crippen LogP contribution in [0.5, 0.6) is 0 Å². The molecule has 0 saturated heterocycles. The SMILES string of the molecule is CC(C)c1nc(C(C)C)c(C=CC=O)c(-c2ccc(F)cc2)c1C=CC=O. The van der Waals surface area contributed by atoms with Gasteiger partial charge in [-0.15, -0.1) is 0 Å². The van der Waals surface area contributed by atoms with Crippen LogP contribution in [-0.2, 0) is 9.59 Å². The van der Waals surface area contributed by atoms with Gasteiger partial charge in [-0.05, 0) is 59.4 Å². The Kier molecular flexibility index (Phi) is 6.94. The van der Waals surface area contributed by atoms with Crippen LogP contribution in [0.25, 0.3) is 23.3 Å². The van der Waals surface area contributed by atoms with E-state index in [0.717, 1.165) is 46.2 Å². The van der Waals surface area contributed by atoms with Gasteiger partial charge in [-0.2, -0.15) is 0 Å². The van der Waals surface area contributed by atoms with E-state index in [-0.39, 0.29) is 17.7 Å². The zero-order chi connectivity index (χ0) is 20.0. The number of aldehydes is 2. The minimum atomic E-state index is -0.323. The summed E-state index contributed by atoms with van der Waals surface area (Å²) in [4.78, 5) is 26.8. The Hall–Kier alpha value is -2.88. The Labute approximate surface area is 159 Å². The molecule has 0 radical (unpaired) electrons. The van der Waals surface area contributed by atoms with Gasteiger partial charge in [0.25, 0.3) is 0 Å². The molecule has 0 saturated carbocycles. The highest BCUT2D eigenvalue weighted by molar-refractivity contribution is 5.89. The summed E-state index contributed by atoms with van der Waals surface area (Å²) in [5.74, 6) is -0.0786. The lowest BCUT2D eigenvalue weighted by Gasteiger charge is -2.22. The first-order valence-corrected chi connectivity index (χ1v) is 8.98. The number of pyridine rings is 1. The summed E-state index contributed by atoms with van der Waals surface area (Å²) in [6, 6.07) is 6.21. The third-order valence-electron chi connectivity index (χ3n) is 4.24. The number of nitrogens with zero attached hydrogens (tertiary/aromatic N) is 1. The Morgan fingerprint density at radius 1 is 0.815 bits per heavy atom. The number of benzene rings is 1. The van der Waals surface area contributed by atoms with Crippen molar-refractivity contribution in [2.75, 3.05) is 0 Å². The molecule has 1 aromatic carbocycles. The van der Waals surface area contributed by atoms with Crippen LogP contribution in [-0.4, -0.2) is 17.6 Å². The zero-order valence-corrected chi connectivity index (χ0v) is 16.1. The third-order valence-corrected chi connectivity index (χ3v) is 4.24. The van der Waals surface area contributed by atoms with Crippen LogP contribution in [0.2, 0.25) is 0 Å².